The molecular weight excluding hydrogens is 338 g/mol. The van der Waals surface area contributed by atoms with Gasteiger partial charge in [-0.05, 0) is 46.3 Å². The first-order chi connectivity index (χ1) is 13.0. The molecule has 0 aliphatic carbocycles. The molecule has 27 heavy (non-hydrogen) atoms. The number of aromatic nitrogens is 3. The fourth-order valence-electron chi connectivity index (χ4n) is 3.77. The Bertz CT molecular complexity index is 757. The van der Waals surface area contributed by atoms with E-state index in [1.165, 1.54) is 5.56 Å². The second-order valence-electron chi connectivity index (χ2n) is 7.77. The van der Waals surface area contributed by atoms with Gasteiger partial charge in [-0.15, -0.1) is 10.2 Å². The highest BCUT2D eigenvalue weighted by molar-refractivity contribution is 5.78. The molecule has 1 aliphatic rings. The van der Waals surface area contributed by atoms with Crippen molar-refractivity contribution >= 4 is 5.91 Å². The van der Waals surface area contributed by atoms with E-state index in [4.69, 9.17) is 0 Å². The third kappa shape index (κ3) is 4.75. The van der Waals surface area contributed by atoms with Gasteiger partial charge in [0.2, 0.25) is 5.91 Å². The molecule has 1 aromatic heterocycles. The van der Waals surface area contributed by atoms with Gasteiger partial charge in [-0.3, -0.25) is 4.79 Å². The molecule has 0 radical (unpaired) electrons. The first-order valence-corrected chi connectivity index (χ1v) is 9.88. The first kappa shape index (κ1) is 19.5. The van der Waals surface area contributed by atoms with Crippen LogP contribution in [-0.2, 0) is 24.3 Å². The SMILES string of the molecule is CCn1c(CN(C)C)nnc1C1CCN(C(=O)Cc2ccc(C)cc2)CC1. The summed E-state index contributed by atoms with van der Waals surface area (Å²) in [6, 6.07) is 8.24. The Hall–Kier alpha value is -2.21. The fourth-order valence-corrected chi connectivity index (χ4v) is 3.77. The van der Waals surface area contributed by atoms with E-state index in [9.17, 15) is 4.79 Å². The van der Waals surface area contributed by atoms with E-state index < -0.39 is 0 Å². The number of carbonyl (C=O) groups is 1. The highest BCUT2D eigenvalue weighted by Crippen LogP contribution is 2.28. The molecule has 146 valence electrons. The number of likely N-dealkylation sites (tertiary alicyclic amines) is 1. The van der Waals surface area contributed by atoms with Gasteiger partial charge in [-0.1, -0.05) is 29.8 Å². The summed E-state index contributed by atoms with van der Waals surface area (Å²) in [6.07, 6.45) is 2.41. The van der Waals surface area contributed by atoms with Gasteiger partial charge in [-0.25, -0.2) is 0 Å². The van der Waals surface area contributed by atoms with E-state index in [0.717, 1.165) is 56.2 Å². The number of aryl methyl sites for hydroxylation is 1. The zero-order valence-electron chi connectivity index (χ0n) is 17.0. The summed E-state index contributed by atoms with van der Waals surface area (Å²) in [6.45, 7) is 7.50. The van der Waals surface area contributed by atoms with E-state index in [1.807, 2.05) is 19.0 Å². The van der Waals surface area contributed by atoms with Crippen LogP contribution in [0.5, 0.6) is 0 Å². The fraction of sp³-hybridized carbons (Fsp3) is 0.571. The average Bonchev–Trinajstić information content (AvgIpc) is 3.05. The zero-order chi connectivity index (χ0) is 19.4. The minimum absolute atomic E-state index is 0.225. The Kier molecular flexibility index (Phi) is 6.26. The van der Waals surface area contributed by atoms with Gasteiger partial charge in [0.15, 0.2) is 0 Å². The van der Waals surface area contributed by atoms with Crippen LogP contribution in [0.4, 0.5) is 0 Å². The van der Waals surface area contributed by atoms with Gasteiger partial charge in [0.1, 0.15) is 11.6 Å². The predicted molar refractivity (Wildman–Crippen MR) is 107 cm³/mol. The maximum absolute atomic E-state index is 12.6. The predicted octanol–water partition coefficient (Wildman–Crippen LogP) is 2.62. The van der Waals surface area contributed by atoms with Crippen LogP contribution in [0.15, 0.2) is 24.3 Å². The van der Waals surface area contributed by atoms with Crippen molar-refractivity contribution in [2.45, 2.75) is 52.1 Å². The maximum atomic E-state index is 12.6. The van der Waals surface area contributed by atoms with Crippen molar-refractivity contribution in [2.24, 2.45) is 0 Å². The van der Waals surface area contributed by atoms with Crippen molar-refractivity contribution in [3.8, 4) is 0 Å². The van der Waals surface area contributed by atoms with Gasteiger partial charge >= 0.3 is 0 Å². The maximum Gasteiger partial charge on any atom is 0.226 e. The molecule has 1 aromatic carbocycles. The number of nitrogens with zero attached hydrogens (tertiary/aromatic N) is 5. The van der Waals surface area contributed by atoms with Gasteiger partial charge in [0.25, 0.3) is 0 Å². The van der Waals surface area contributed by atoms with E-state index in [1.54, 1.807) is 0 Å². The Morgan fingerprint density at radius 1 is 1.15 bits per heavy atom. The monoisotopic (exact) mass is 369 g/mol. The summed E-state index contributed by atoms with van der Waals surface area (Å²) in [5, 5.41) is 8.90. The minimum atomic E-state index is 0.225. The van der Waals surface area contributed by atoms with Crippen molar-refractivity contribution in [1.29, 1.82) is 0 Å². The van der Waals surface area contributed by atoms with Crippen molar-refractivity contribution in [2.75, 3.05) is 27.2 Å². The van der Waals surface area contributed by atoms with Gasteiger partial charge in [-0.2, -0.15) is 0 Å². The van der Waals surface area contributed by atoms with Crippen LogP contribution in [0.1, 0.15) is 48.5 Å². The summed E-state index contributed by atoms with van der Waals surface area (Å²) in [7, 11) is 4.10. The van der Waals surface area contributed by atoms with Gasteiger partial charge in [0.05, 0.1) is 13.0 Å². The molecule has 6 nitrogen and oxygen atoms in total. The number of hydrogen-bond acceptors (Lipinski definition) is 4. The molecule has 0 bridgehead atoms. The number of piperidine rings is 1. The Balaban J connectivity index is 1.59. The summed E-state index contributed by atoms with van der Waals surface area (Å²) in [5.41, 5.74) is 2.31. The van der Waals surface area contributed by atoms with Crippen LogP contribution in [0.2, 0.25) is 0 Å². The van der Waals surface area contributed by atoms with Crippen LogP contribution in [0.3, 0.4) is 0 Å². The molecule has 6 heteroatoms. The Morgan fingerprint density at radius 3 is 2.41 bits per heavy atom. The molecular formula is C21H31N5O. The minimum Gasteiger partial charge on any atom is -0.342 e. The second kappa shape index (κ2) is 8.65. The summed E-state index contributed by atoms with van der Waals surface area (Å²) in [5.74, 6) is 2.72. The lowest BCUT2D eigenvalue weighted by molar-refractivity contribution is -0.131. The molecule has 3 rings (SSSR count). The molecule has 1 aliphatic heterocycles. The lowest BCUT2D eigenvalue weighted by Gasteiger charge is -2.32. The third-order valence-electron chi connectivity index (χ3n) is 5.32. The van der Waals surface area contributed by atoms with E-state index >= 15 is 0 Å². The van der Waals surface area contributed by atoms with E-state index in [2.05, 4.69) is 57.8 Å². The lowest BCUT2D eigenvalue weighted by atomic mass is 9.95. The average molecular weight is 370 g/mol. The van der Waals surface area contributed by atoms with E-state index in [-0.39, 0.29) is 5.91 Å². The van der Waals surface area contributed by atoms with Crippen LogP contribution in [-0.4, -0.2) is 57.7 Å². The van der Waals surface area contributed by atoms with E-state index in [0.29, 0.717) is 12.3 Å². The second-order valence-corrected chi connectivity index (χ2v) is 7.77. The topological polar surface area (TPSA) is 54.3 Å². The number of benzene rings is 1. The van der Waals surface area contributed by atoms with Gasteiger partial charge in [0, 0.05) is 25.6 Å². The quantitative estimate of drug-likeness (QED) is 0.785. The largest absolute Gasteiger partial charge is 0.342 e. The molecule has 1 fully saturated rings. The molecule has 0 unspecified atom stereocenters. The summed E-state index contributed by atoms with van der Waals surface area (Å²) < 4.78 is 2.24. The molecule has 0 atom stereocenters. The van der Waals surface area contributed by atoms with Crippen molar-refractivity contribution < 1.29 is 4.79 Å². The molecule has 0 saturated carbocycles. The normalized spacial score (nSPS) is 15.5. The highest BCUT2D eigenvalue weighted by atomic mass is 16.2. The van der Waals surface area contributed by atoms with Crippen molar-refractivity contribution in [3.05, 3.63) is 47.0 Å². The van der Waals surface area contributed by atoms with Crippen molar-refractivity contribution in [1.82, 2.24) is 24.6 Å². The highest BCUT2D eigenvalue weighted by Gasteiger charge is 2.27. The smallest absolute Gasteiger partial charge is 0.226 e. The molecule has 2 heterocycles. The molecule has 0 spiro atoms. The number of rotatable bonds is 6. The van der Waals surface area contributed by atoms with Crippen molar-refractivity contribution in [3.63, 3.8) is 0 Å². The molecule has 0 N–H and O–H groups in total. The molecule has 1 saturated heterocycles. The number of carbonyl (C=O) groups excluding carboxylic acids is 1. The Morgan fingerprint density at radius 2 is 1.81 bits per heavy atom. The first-order valence-electron chi connectivity index (χ1n) is 9.88. The van der Waals surface area contributed by atoms with Crippen LogP contribution < -0.4 is 0 Å². The third-order valence-corrected chi connectivity index (χ3v) is 5.32. The molecule has 2 aromatic rings. The van der Waals surface area contributed by atoms with Crippen LogP contribution in [0, 0.1) is 6.92 Å². The molecule has 1 amide bonds. The zero-order valence-corrected chi connectivity index (χ0v) is 17.0. The van der Waals surface area contributed by atoms with Crippen LogP contribution >= 0.6 is 0 Å². The summed E-state index contributed by atoms with van der Waals surface area (Å²) in [4.78, 5) is 16.8. The Labute approximate surface area is 162 Å². The number of amides is 1. The number of hydrogen-bond donors (Lipinski definition) is 0. The lowest BCUT2D eigenvalue weighted by Crippen LogP contribution is -2.39. The van der Waals surface area contributed by atoms with Crippen LogP contribution in [0.25, 0.3) is 0 Å². The van der Waals surface area contributed by atoms with Gasteiger partial charge < -0.3 is 14.4 Å². The standard InChI is InChI=1S/C21H31N5O/c1-5-26-19(15-24(3)4)22-23-21(26)18-10-12-25(13-11-18)20(27)14-17-8-6-16(2)7-9-17/h6-9,18H,5,10-15H2,1-4H3. The summed E-state index contributed by atoms with van der Waals surface area (Å²) >= 11 is 0.